The summed E-state index contributed by atoms with van der Waals surface area (Å²) in [5.74, 6) is 1.26. The molecule has 25 heavy (non-hydrogen) atoms. The molecular weight excluding hydrogens is 333 g/mol. The van der Waals surface area contributed by atoms with Crippen LogP contribution in [0, 0.1) is 11.8 Å². The lowest BCUT2D eigenvalue weighted by molar-refractivity contribution is -0.137. The Bertz CT molecular complexity index is 540. The first kappa shape index (κ1) is 19.6. The summed E-state index contributed by atoms with van der Waals surface area (Å²) in [6.45, 7) is 4.68. The van der Waals surface area contributed by atoms with Crippen LogP contribution in [0.4, 0.5) is 13.2 Å². The lowest BCUT2D eigenvalue weighted by Gasteiger charge is -2.27. The van der Waals surface area contributed by atoms with Gasteiger partial charge in [-0.3, -0.25) is 4.79 Å². The summed E-state index contributed by atoms with van der Waals surface area (Å²) in [6, 6.07) is 4.52. The molecule has 0 aliphatic carbocycles. The van der Waals surface area contributed by atoms with Crippen LogP contribution in [0.5, 0.6) is 5.75 Å². The molecule has 2 rings (SSSR count). The highest BCUT2D eigenvalue weighted by Gasteiger charge is 2.30. The van der Waals surface area contributed by atoms with Gasteiger partial charge in [-0.1, -0.05) is 6.92 Å². The van der Waals surface area contributed by atoms with Crippen LogP contribution < -0.4 is 15.4 Å². The van der Waals surface area contributed by atoms with E-state index >= 15 is 0 Å². The number of piperidine rings is 1. The molecule has 2 N–H and O–H groups in total. The van der Waals surface area contributed by atoms with Crippen molar-refractivity contribution in [2.45, 2.75) is 32.4 Å². The normalized spacial score (nSPS) is 17.1. The van der Waals surface area contributed by atoms with Crippen LogP contribution >= 0.6 is 0 Å². The first-order valence-corrected chi connectivity index (χ1v) is 8.63. The minimum absolute atomic E-state index is 0.0120. The molecule has 1 amide bonds. The second-order valence-corrected chi connectivity index (χ2v) is 6.49. The monoisotopic (exact) mass is 358 g/mol. The van der Waals surface area contributed by atoms with Gasteiger partial charge in [0.25, 0.3) is 0 Å². The van der Waals surface area contributed by atoms with Gasteiger partial charge in [0.05, 0.1) is 12.1 Å². The molecule has 1 saturated heterocycles. The average molecular weight is 358 g/mol. The first-order valence-electron chi connectivity index (χ1n) is 8.63. The second kappa shape index (κ2) is 9.08. The van der Waals surface area contributed by atoms with Gasteiger partial charge in [0.2, 0.25) is 5.91 Å². The molecule has 0 aromatic heterocycles. The number of rotatable bonds is 7. The van der Waals surface area contributed by atoms with E-state index in [9.17, 15) is 18.0 Å². The number of hydrogen-bond donors (Lipinski definition) is 2. The van der Waals surface area contributed by atoms with Gasteiger partial charge in [0.1, 0.15) is 12.4 Å². The van der Waals surface area contributed by atoms with Crippen LogP contribution in [0.2, 0.25) is 0 Å². The van der Waals surface area contributed by atoms with E-state index in [1.807, 2.05) is 0 Å². The fourth-order valence-corrected chi connectivity index (χ4v) is 3.04. The van der Waals surface area contributed by atoms with E-state index in [4.69, 9.17) is 4.74 Å². The van der Waals surface area contributed by atoms with Crippen molar-refractivity contribution in [3.05, 3.63) is 29.8 Å². The third-order valence-electron chi connectivity index (χ3n) is 4.57. The van der Waals surface area contributed by atoms with Crippen molar-refractivity contribution in [2.75, 3.05) is 26.2 Å². The highest BCUT2D eigenvalue weighted by Crippen LogP contribution is 2.30. The molecule has 1 unspecified atom stereocenters. The Morgan fingerprint density at radius 2 is 1.92 bits per heavy atom. The molecule has 4 nitrogen and oxygen atoms in total. The van der Waals surface area contributed by atoms with Crippen LogP contribution in [0.15, 0.2) is 24.3 Å². The molecule has 1 atom stereocenters. The predicted molar refractivity (Wildman–Crippen MR) is 89.3 cm³/mol. The fourth-order valence-electron chi connectivity index (χ4n) is 3.04. The molecule has 140 valence electrons. The van der Waals surface area contributed by atoms with Crippen LogP contribution in [0.1, 0.15) is 31.7 Å². The molecule has 1 aromatic carbocycles. The summed E-state index contributed by atoms with van der Waals surface area (Å²) >= 11 is 0. The molecule has 0 saturated carbocycles. The van der Waals surface area contributed by atoms with Crippen LogP contribution in [0.25, 0.3) is 0 Å². The maximum absolute atomic E-state index is 12.5. The molecule has 0 bridgehead atoms. The van der Waals surface area contributed by atoms with Gasteiger partial charge in [0.15, 0.2) is 0 Å². The van der Waals surface area contributed by atoms with Crippen molar-refractivity contribution < 1.29 is 22.7 Å². The minimum Gasteiger partial charge on any atom is -0.492 e. The van der Waals surface area contributed by atoms with Crippen molar-refractivity contribution in [3.8, 4) is 5.75 Å². The molecular formula is C18H25F3N2O2. The van der Waals surface area contributed by atoms with Gasteiger partial charge in [0, 0.05) is 6.42 Å². The largest absolute Gasteiger partial charge is 0.492 e. The summed E-state index contributed by atoms with van der Waals surface area (Å²) in [6.07, 6.45) is -1.65. The Kier molecular flexibility index (Phi) is 7.11. The average Bonchev–Trinajstić information content (AvgIpc) is 2.59. The standard InChI is InChI=1S/C18H25F3N2O2/c1-13(14-6-8-22-9-7-14)12-17(24)23-10-11-25-16-4-2-15(3-5-16)18(19,20)21/h2-5,13-14,22H,6-12H2,1H3,(H,23,24). The van der Waals surface area contributed by atoms with Crippen LogP contribution in [0.3, 0.4) is 0 Å². The maximum Gasteiger partial charge on any atom is 0.416 e. The fraction of sp³-hybridized carbons (Fsp3) is 0.611. The zero-order valence-corrected chi connectivity index (χ0v) is 14.4. The van der Waals surface area contributed by atoms with E-state index in [2.05, 4.69) is 17.6 Å². The highest BCUT2D eigenvalue weighted by molar-refractivity contribution is 5.76. The van der Waals surface area contributed by atoms with Crippen molar-refractivity contribution in [3.63, 3.8) is 0 Å². The number of halogens is 3. The van der Waals surface area contributed by atoms with E-state index in [0.29, 0.717) is 30.6 Å². The highest BCUT2D eigenvalue weighted by atomic mass is 19.4. The molecule has 0 spiro atoms. The number of alkyl halides is 3. The summed E-state index contributed by atoms with van der Waals surface area (Å²) in [4.78, 5) is 12.0. The van der Waals surface area contributed by atoms with Gasteiger partial charge in [-0.05, 0) is 62.0 Å². The quantitative estimate of drug-likeness (QED) is 0.736. The number of benzene rings is 1. The van der Waals surface area contributed by atoms with Crippen LogP contribution in [-0.2, 0) is 11.0 Å². The molecule has 1 heterocycles. The second-order valence-electron chi connectivity index (χ2n) is 6.49. The molecule has 0 radical (unpaired) electrons. The van der Waals surface area contributed by atoms with Crippen LogP contribution in [-0.4, -0.2) is 32.1 Å². The third kappa shape index (κ3) is 6.57. The molecule has 7 heteroatoms. The van der Waals surface area contributed by atoms with E-state index in [-0.39, 0.29) is 12.5 Å². The molecule has 1 fully saturated rings. The molecule has 1 aliphatic rings. The maximum atomic E-state index is 12.5. The first-order chi connectivity index (χ1) is 11.9. The number of amides is 1. The Hall–Kier alpha value is -1.76. The smallest absolute Gasteiger partial charge is 0.416 e. The number of nitrogens with one attached hydrogen (secondary N) is 2. The SMILES string of the molecule is CC(CC(=O)NCCOc1ccc(C(F)(F)F)cc1)C1CCNCC1. The van der Waals surface area contributed by atoms with Gasteiger partial charge < -0.3 is 15.4 Å². The zero-order valence-electron chi connectivity index (χ0n) is 14.4. The third-order valence-corrected chi connectivity index (χ3v) is 4.57. The number of carbonyl (C=O) groups excluding carboxylic acids is 1. The van der Waals surface area contributed by atoms with Gasteiger partial charge in [-0.25, -0.2) is 0 Å². The lowest BCUT2D eigenvalue weighted by atomic mass is 9.84. The summed E-state index contributed by atoms with van der Waals surface area (Å²) < 4.78 is 42.7. The minimum atomic E-state index is -4.35. The van der Waals surface area contributed by atoms with E-state index in [1.54, 1.807) is 0 Å². The summed E-state index contributed by atoms with van der Waals surface area (Å²) in [5.41, 5.74) is -0.708. The Morgan fingerprint density at radius 1 is 1.28 bits per heavy atom. The zero-order chi connectivity index (χ0) is 18.3. The van der Waals surface area contributed by atoms with Crippen molar-refractivity contribution >= 4 is 5.91 Å². The topological polar surface area (TPSA) is 50.4 Å². The number of carbonyl (C=O) groups is 1. The number of hydrogen-bond acceptors (Lipinski definition) is 3. The lowest BCUT2D eigenvalue weighted by Crippen LogP contribution is -2.34. The number of ether oxygens (including phenoxy) is 1. The van der Waals surface area contributed by atoms with Gasteiger partial charge in [-0.15, -0.1) is 0 Å². The Morgan fingerprint density at radius 3 is 2.52 bits per heavy atom. The Balaban J connectivity index is 1.64. The summed E-state index contributed by atoms with van der Waals surface area (Å²) in [5, 5.41) is 6.11. The van der Waals surface area contributed by atoms with E-state index in [0.717, 1.165) is 38.1 Å². The van der Waals surface area contributed by atoms with E-state index in [1.165, 1.54) is 12.1 Å². The molecule has 1 aromatic rings. The van der Waals surface area contributed by atoms with E-state index < -0.39 is 11.7 Å². The van der Waals surface area contributed by atoms with Crippen molar-refractivity contribution in [1.82, 2.24) is 10.6 Å². The summed E-state index contributed by atoms with van der Waals surface area (Å²) in [7, 11) is 0. The van der Waals surface area contributed by atoms with Gasteiger partial charge >= 0.3 is 6.18 Å². The predicted octanol–water partition coefficient (Wildman–Crippen LogP) is 3.23. The molecule has 1 aliphatic heterocycles. The van der Waals surface area contributed by atoms with Gasteiger partial charge in [-0.2, -0.15) is 13.2 Å². The van der Waals surface area contributed by atoms with Crippen molar-refractivity contribution in [2.24, 2.45) is 11.8 Å². The Labute approximate surface area is 146 Å². The van der Waals surface area contributed by atoms with Crippen molar-refractivity contribution in [1.29, 1.82) is 0 Å².